The second-order valence-corrected chi connectivity index (χ2v) is 5.67. The summed E-state index contributed by atoms with van der Waals surface area (Å²) >= 11 is 0. The van der Waals surface area contributed by atoms with Crippen molar-refractivity contribution in [2.24, 2.45) is 0 Å². The van der Waals surface area contributed by atoms with Crippen LogP contribution in [0.15, 0.2) is 24.3 Å². The maximum atomic E-state index is 9.81. The minimum atomic E-state index is -0.608. The molecule has 100 valence electrons. The number of nitrogens with two attached hydrogens (primary N) is 1. The maximum absolute atomic E-state index is 9.81. The zero-order valence-electron chi connectivity index (χ0n) is 11.3. The first-order valence-electron chi connectivity index (χ1n) is 6.49. The molecule has 2 rings (SSSR count). The predicted octanol–water partition coefficient (Wildman–Crippen LogP) is 1.16. The summed E-state index contributed by atoms with van der Waals surface area (Å²) < 4.78 is 0. The summed E-state index contributed by atoms with van der Waals surface area (Å²) in [5.74, 6) is 0. The zero-order chi connectivity index (χ0) is 13.2. The molecule has 1 aromatic carbocycles. The predicted molar refractivity (Wildman–Crippen MR) is 75.8 cm³/mol. The molecule has 1 fully saturated rings. The summed E-state index contributed by atoms with van der Waals surface area (Å²) in [6, 6.07) is 8.03. The normalized spacial score (nSPS) is 18.1. The number of hydrogen-bond donors (Lipinski definition) is 2. The van der Waals surface area contributed by atoms with E-state index in [9.17, 15) is 5.11 Å². The Labute approximate surface area is 109 Å². The molecule has 0 spiro atoms. The number of aliphatic hydroxyl groups is 1. The Bertz CT molecular complexity index is 375. The third kappa shape index (κ3) is 3.62. The first kappa shape index (κ1) is 13.2. The smallest absolute Gasteiger partial charge is 0.0718 e. The van der Waals surface area contributed by atoms with Gasteiger partial charge in [0.25, 0.3) is 0 Å². The lowest BCUT2D eigenvalue weighted by Crippen LogP contribution is -2.50. The van der Waals surface area contributed by atoms with Gasteiger partial charge in [-0.05, 0) is 38.1 Å². The molecule has 0 radical (unpaired) electrons. The summed E-state index contributed by atoms with van der Waals surface area (Å²) in [4.78, 5) is 4.67. The van der Waals surface area contributed by atoms with E-state index >= 15 is 0 Å². The lowest BCUT2D eigenvalue weighted by atomic mass is 10.1. The van der Waals surface area contributed by atoms with Crippen molar-refractivity contribution in [3.05, 3.63) is 24.3 Å². The van der Waals surface area contributed by atoms with E-state index < -0.39 is 5.60 Å². The second kappa shape index (κ2) is 5.16. The maximum Gasteiger partial charge on any atom is 0.0718 e. The topological polar surface area (TPSA) is 52.7 Å². The Morgan fingerprint density at radius 1 is 1.11 bits per heavy atom. The highest BCUT2D eigenvalue weighted by Gasteiger charge is 2.22. The molecule has 0 amide bonds. The number of nitrogens with zero attached hydrogens (tertiary/aromatic N) is 2. The van der Waals surface area contributed by atoms with Crippen LogP contribution in [0.3, 0.4) is 0 Å². The number of β-amino-alcohol motifs (C(OH)–C–C–N with tert-alkyl or cyclic N) is 1. The van der Waals surface area contributed by atoms with Crippen LogP contribution < -0.4 is 10.6 Å². The summed E-state index contributed by atoms with van der Waals surface area (Å²) in [5.41, 5.74) is 7.12. The molecule has 1 saturated heterocycles. The number of anilines is 2. The van der Waals surface area contributed by atoms with Gasteiger partial charge in [-0.3, -0.25) is 4.90 Å². The minimum absolute atomic E-state index is 0.608. The lowest BCUT2D eigenvalue weighted by Gasteiger charge is -2.38. The van der Waals surface area contributed by atoms with Gasteiger partial charge in [0.15, 0.2) is 0 Å². The van der Waals surface area contributed by atoms with Crippen molar-refractivity contribution in [1.29, 1.82) is 0 Å². The standard InChI is InChI=1S/C14H23N3O/c1-14(2,18)11-16-7-9-17(10-8-16)13-5-3-12(15)4-6-13/h3-6,18H,7-11,15H2,1-2H3. The van der Waals surface area contributed by atoms with Crippen LogP contribution in [0.2, 0.25) is 0 Å². The molecule has 0 atom stereocenters. The molecule has 0 aliphatic carbocycles. The fourth-order valence-electron chi connectivity index (χ4n) is 2.40. The van der Waals surface area contributed by atoms with Crippen molar-refractivity contribution in [1.82, 2.24) is 4.90 Å². The van der Waals surface area contributed by atoms with E-state index in [4.69, 9.17) is 5.73 Å². The van der Waals surface area contributed by atoms with E-state index in [1.54, 1.807) is 0 Å². The SMILES string of the molecule is CC(C)(O)CN1CCN(c2ccc(N)cc2)CC1. The van der Waals surface area contributed by atoms with Gasteiger partial charge < -0.3 is 15.7 Å². The Morgan fingerprint density at radius 2 is 1.67 bits per heavy atom. The van der Waals surface area contributed by atoms with Crippen LogP contribution in [-0.2, 0) is 0 Å². The van der Waals surface area contributed by atoms with Crippen molar-refractivity contribution in [3.63, 3.8) is 0 Å². The zero-order valence-corrected chi connectivity index (χ0v) is 11.3. The first-order valence-corrected chi connectivity index (χ1v) is 6.49. The van der Waals surface area contributed by atoms with Gasteiger partial charge >= 0.3 is 0 Å². The van der Waals surface area contributed by atoms with Gasteiger partial charge in [-0.1, -0.05) is 0 Å². The van der Waals surface area contributed by atoms with Crippen molar-refractivity contribution in [2.45, 2.75) is 19.4 Å². The van der Waals surface area contributed by atoms with Crippen LogP contribution in [0.4, 0.5) is 11.4 Å². The summed E-state index contributed by atoms with van der Waals surface area (Å²) in [7, 11) is 0. The third-order valence-electron chi connectivity index (χ3n) is 3.24. The number of hydrogen-bond acceptors (Lipinski definition) is 4. The average molecular weight is 249 g/mol. The van der Waals surface area contributed by atoms with E-state index in [1.165, 1.54) is 5.69 Å². The largest absolute Gasteiger partial charge is 0.399 e. The van der Waals surface area contributed by atoms with Gasteiger partial charge in [-0.25, -0.2) is 0 Å². The molecule has 1 aliphatic heterocycles. The van der Waals surface area contributed by atoms with Crippen LogP contribution in [0.5, 0.6) is 0 Å². The molecular weight excluding hydrogens is 226 g/mol. The van der Waals surface area contributed by atoms with Crippen LogP contribution in [0.25, 0.3) is 0 Å². The minimum Gasteiger partial charge on any atom is -0.399 e. The van der Waals surface area contributed by atoms with Crippen molar-refractivity contribution >= 4 is 11.4 Å². The number of benzene rings is 1. The molecule has 1 heterocycles. The molecule has 4 heteroatoms. The molecule has 0 bridgehead atoms. The highest BCUT2D eigenvalue weighted by molar-refractivity contribution is 5.53. The Kier molecular flexibility index (Phi) is 3.78. The summed E-state index contributed by atoms with van der Waals surface area (Å²) in [6.07, 6.45) is 0. The van der Waals surface area contributed by atoms with E-state index in [1.807, 2.05) is 26.0 Å². The molecule has 3 N–H and O–H groups in total. The molecule has 0 aromatic heterocycles. The first-order chi connectivity index (χ1) is 8.44. The van der Waals surface area contributed by atoms with Crippen molar-refractivity contribution in [2.75, 3.05) is 43.4 Å². The van der Waals surface area contributed by atoms with E-state index in [-0.39, 0.29) is 0 Å². The van der Waals surface area contributed by atoms with Gasteiger partial charge in [0.1, 0.15) is 0 Å². The van der Waals surface area contributed by atoms with Crippen LogP contribution in [0.1, 0.15) is 13.8 Å². The van der Waals surface area contributed by atoms with Gasteiger partial charge in [-0.15, -0.1) is 0 Å². The monoisotopic (exact) mass is 249 g/mol. The molecule has 18 heavy (non-hydrogen) atoms. The number of piperazine rings is 1. The van der Waals surface area contributed by atoms with Crippen molar-refractivity contribution in [3.8, 4) is 0 Å². The third-order valence-corrected chi connectivity index (χ3v) is 3.24. The number of rotatable bonds is 3. The number of nitrogen functional groups attached to an aromatic ring is 1. The lowest BCUT2D eigenvalue weighted by molar-refractivity contribution is 0.0345. The van der Waals surface area contributed by atoms with E-state index in [0.29, 0.717) is 0 Å². The summed E-state index contributed by atoms with van der Waals surface area (Å²) in [6.45, 7) is 8.45. The highest BCUT2D eigenvalue weighted by atomic mass is 16.3. The van der Waals surface area contributed by atoms with Gasteiger partial charge in [0, 0.05) is 44.1 Å². The Balaban J connectivity index is 1.88. The molecule has 0 unspecified atom stereocenters. The molecule has 4 nitrogen and oxygen atoms in total. The fraction of sp³-hybridized carbons (Fsp3) is 0.571. The van der Waals surface area contributed by atoms with Crippen molar-refractivity contribution < 1.29 is 5.11 Å². The van der Waals surface area contributed by atoms with E-state index in [0.717, 1.165) is 38.4 Å². The molecule has 1 aromatic rings. The fourth-order valence-corrected chi connectivity index (χ4v) is 2.40. The second-order valence-electron chi connectivity index (χ2n) is 5.67. The molecular formula is C14H23N3O. The van der Waals surface area contributed by atoms with Crippen LogP contribution in [0, 0.1) is 0 Å². The van der Waals surface area contributed by atoms with Crippen LogP contribution in [-0.4, -0.2) is 48.3 Å². The van der Waals surface area contributed by atoms with Crippen LogP contribution >= 0.6 is 0 Å². The molecule has 1 aliphatic rings. The highest BCUT2D eigenvalue weighted by Crippen LogP contribution is 2.18. The van der Waals surface area contributed by atoms with Gasteiger partial charge in [-0.2, -0.15) is 0 Å². The van der Waals surface area contributed by atoms with Gasteiger partial charge in [0.2, 0.25) is 0 Å². The quantitative estimate of drug-likeness (QED) is 0.789. The molecule has 0 saturated carbocycles. The van der Waals surface area contributed by atoms with E-state index in [2.05, 4.69) is 21.9 Å². The summed E-state index contributed by atoms with van der Waals surface area (Å²) in [5, 5.41) is 9.81. The van der Waals surface area contributed by atoms with Gasteiger partial charge in [0.05, 0.1) is 5.60 Å². The Hall–Kier alpha value is -1.26. The Morgan fingerprint density at radius 3 is 2.17 bits per heavy atom. The average Bonchev–Trinajstić information content (AvgIpc) is 2.29.